The van der Waals surface area contributed by atoms with Crippen molar-refractivity contribution in [3.05, 3.63) is 47.1 Å². The number of amides is 2. The molecule has 0 radical (unpaired) electrons. The zero-order valence-electron chi connectivity index (χ0n) is 16.2. The van der Waals surface area contributed by atoms with Crippen LogP contribution in [-0.4, -0.2) is 32.7 Å². The zero-order chi connectivity index (χ0) is 22.1. The molecule has 3 aromatic heterocycles. The van der Waals surface area contributed by atoms with Crippen molar-refractivity contribution in [1.29, 1.82) is 0 Å². The molecule has 0 aliphatic rings. The molecule has 1 atom stereocenters. The van der Waals surface area contributed by atoms with Gasteiger partial charge in [0, 0.05) is 25.1 Å². The van der Waals surface area contributed by atoms with Gasteiger partial charge in [-0.1, -0.05) is 25.4 Å². The lowest BCUT2D eigenvalue weighted by Crippen LogP contribution is -2.24. The number of aromatic nitrogens is 4. The second-order valence-electron chi connectivity index (χ2n) is 6.70. The Labute approximate surface area is 174 Å². The molecule has 2 N–H and O–H groups in total. The third-order valence-electron chi connectivity index (χ3n) is 4.18. The second kappa shape index (κ2) is 8.44. The Morgan fingerprint density at radius 1 is 1.23 bits per heavy atom. The average Bonchev–Trinajstić information content (AvgIpc) is 3.03. The molecule has 0 saturated carbocycles. The van der Waals surface area contributed by atoms with E-state index in [1.165, 1.54) is 23.9 Å². The highest BCUT2D eigenvalue weighted by Gasteiger charge is 2.32. The van der Waals surface area contributed by atoms with Crippen LogP contribution in [0.1, 0.15) is 31.3 Å². The number of halogens is 4. The van der Waals surface area contributed by atoms with E-state index < -0.39 is 24.0 Å². The minimum Gasteiger partial charge on any atom is -0.375 e. The summed E-state index contributed by atoms with van der Waals surface area (Å²) < 4.78 is 45.5. The van der Waals surface area contributed by atoms with Crippen molar-refractivity contribution < 1.29 is 22.7 Å². The molecule has 160 valence electrons. The normalized spacial score (nSPS) is 12.9. The van der Waals surface area contributed by atoms with Gasteiger partial charge in [0.05, 0.1) is 17.6 Å². The molecule has 0 aromatic carbocycles. The van der Waals surface area contributed by atoms with Gasteiger partial charge in [-0.05, 0) is 18.1 Å². The maximum Gasteiger partial charge on any atom is 0.433 e. The first-order chi connectivity index (χ1) is 14.1. The van der Waals surface area contributed by atoms with Gasteiger partial charge in [-0.25, -0.2) is 14.3 Å². The quantitative estimate of drug-likeness (QED) is 0.593. The van der Waals surface area contributed by atoms with Crippen molar-refractivity contribution in [2.24, 2.45) is 5.92 Å². The van der Waals surface area contributed by atoms with E-state index in [0.29, 0.717) is 11.3 Å². The molecule has 30 heavy (non-hydrogen) atoms. The Morgan fingerprint density at radius 3 is 2.60 bits per heavy atom. The number of fused-ring (bicyclic) bond motifs is 1. The zero-order valence-corrected chi connectivity index (χ0v) is 16.9. The van der Waals surface area contributed by atoms with E-state index in [4.69, 9.17) is 16.3 Å². The molecule has 3 rings (SSSR count). The first kappa shape index (κ1) is 21.8. The molecule has 12 heteroatoms. The SMILES string of the molecule is COC(c1c(NC(=O)Nc2ccnc(C(F)(F)F)c2)cnc2cc(Cl)nn12)C(C)C. The van der Waals surface area contributed by atoms with Gasteiger partial charge in [0.25, 0.3) is 0 Å². The smallest absolute Gasteiger partial charge is 0.375 e. The number of methoxy groups -OCH3 is 1. The summed E-state index contributed by atoms with van der Waals surface area (Å²) in [5.74, 6) is 0.00160. The van der Waals surface area contributed by atoms with E-state index in [0.717, 1.165) is 12.3 Å². The predicted octanol–water partition coefficient (Wildman–Crippen LogP) is 4.78. The minimum absolute atomic E-state index is 0.00160. The van der Waals surface area contributed by atoms with E-state index in [1.54, 1.807) is 6.07 Å². The molecule has 0 fully saturated rings. The van der Waals surface area contributed by atoms with Crippen molar-refractivity contribution >= 4 is 34.7 Å². The summed E-state index contributed by atoms with van der Waals surface area (Å²) in [6.07, 6.45) is -2.73. The highest BCUT2D eigenvalue weighted by atomic mass is 35.5. The van der Waals surface area contributed by atoms with E-state index in [1.807, 2.05) is 13.8 Å². The highest BCUT2D eigenvalue weighted by Crippen LogP contribution is 2.32. The molecule has 3 aromatic rings. The van der Waals surface area contributed by atoms with Crippen molar-refractivity contribution in [3.63, 3.8) is 0 Å². The van der Waals surface area contributed by atoms with Gasteiger partial charge in [0.2, 0.25) is 0 Å². The number of nitrogens with one attached hydrogen (secondary N) is 2. The summed E-state index contributed by atoms with van der Waals surface area (Å²) in [7, 11) is 1.52. The van der Waals surface area contributed by atoms with Gasteiger partial charge in [-0.2, -0.15) is 18.3 Å². The fourth-order valence-electron chi connectivity index (χ4n) is 2.94. The Hall–Kier alpha value is -2.92. The maximum absolute atomic E-state index is 12.8. The van der Waals surface area contributed by atoms with E-state index in [2.05, 4.69) is 25.7 Å². The second-order valence-corrected chi connectivity index (χ2v) is 7.09. The van der Waals surface area contributed by atoms with Crippen LogP contribution in [0.3, 0.4) is 0 Å². The van der Waals surface area contributed by atoms with Crippen LogP contribution < -0.4 is 10.6 Å². The van der Waals surface area contributed by atoms with Gasteiger partial charge < -0.3 is 15.4 Å². The minimum atomic E-state index is -4.63. The number of nitrogens with zero attached hydrogens (tertiary/aromatic N) is 4. The van der Waals surface area contributed by atoms with Crippen LogP contribution in [0.15, 0.2) is 30.6 Å². The first-order valence-corrected chi connectivity index (χ1v) is 9.16. The molecule has 8 nitrogen and oxygen atoms in total. The molecule has 0 spiro atoms. The molecule has 0 bridgehead atoms. The third kappa shape index (κ3) is 4.62. The largest absolute Gasteiger partial charge is 0.433 e. The fraction of sp³-hybridized carbons (Fsp3) is 0.333. The molecular formula is C18H18ClF3N6O2. The van der Waals surface area contributed by atoms with Crippen molar-refractivity contribution in [1.82, 2.24) is 19.6 Å². The van der Waals surface area contributed by atoms with Gasteiger partial charge in [0.1, 0.15) is 11.8 Å². The van der Waals surface area contributed by atoms with Gasteiger partial charge in [-0.3, -0.25) is 4.98 Å². The lowest BCUT2D eigenvalue weighted by molar-refractivity contribution is -0.141. The Bertz CT molecular complexity index is 1070. The number of carbonyl (C=O) groups excluding carboxylic acids is 1. The Balaban J connectivity index is 1.92. The number of anilines is 2. The molecule has 0 aliphatic heterocycles. The first-order valence-electron chi connectivity index (χ1n) is 8.78. The number of rotatable bonds is 5. The van der Waals surface area contributed by atoms with Gasteiger partial charge >= 0.3 is 12.2 Å². The summed E-state index contributed by atoms with van der Waals surface area (Å²) in [4.78, 5) is 19.9. The number of hydrogen-bond acceptors (Lipinski definition) is 5. The molecule has 0 aliphatic carbocycles. The third-order valence-corrected chi connectivity index (χ3v) is 4.36. The number of alkyl halides is 3. The molecule has 2 amide bonds. The monoisotopic (exact) mass is 442 g/mol. The maximum atomic E-state index is 12.8. The molecule has 1 unspecified atom stereocenters. The van der Waals surface area contributed by atoms with Crippen LogP contribution in [0.25, 0.3) is 5.65 Å². The fourth-order valence-corrected chi connectivity index (χ4v) is 3.11. The van der Waals surface area contributed by atoms with Crippen LogP contribution in [0.4, 0.5) is 29.3 Å². The molecular weight excluding hydrogens is 425 g/mol. The van der Waals surface area contributed by atoms with E-state index in [9.17, 15) is 18.0 Å². The van der Waals surface area contributed by atoms with Crippen molar-refractivity contribution in [3.8, 4) is 0 Å². The lowest BCUT2D eigenvalue weighted by Gasteiger charge is -2.23. The molecule has 0 saturated heterocycles. The van der Waals surface area contributed by atoms with E-state index >= 15 is 0 Å². The van der Waals surface area contributed by atoms with Crippen LogP contribution in [0, 0.1) is 5.92 Å². The number of carbonyl (C=O) groups is 1. The Kier molecular flexibility index (Phi) is 6.13. The topological polar surface area (TPSA) is 93.4 Å². The number of hydrogen-bond donors (Lipinski definition) is 2. The number of pyridine rings is 1. The average molecular weight is 443 g/mol. The summed E-state index contributed by atoms with van der Waals surface area (Å²) in [6, 6.07) is 2.77. The predicted molar refractivity (Wildman–Crippen MR) is 104 cm³/mol. The summed E-state index contributed by atoms with van der Waals surface area (Å²) in [5.41, 5.74) is 0.0255. The van der Waals surface area contributed by atoms with E-state index in [-0.39, 0.29) is 22.4 Å². The van der Waals surface area contributed by atoms with Crippen LogP contribution in [0.5, 0.6) is 0 Å². The standard InChI is InChI=1S/C18H18ClF3N6O2/c1-9(2)16(30-3)15-11(8-24-14-7-13(19)27-28(14)15)26-17(29)25-10-4-5-23-12(6-10)18(20,21)22/h4-9,16H,1-3H3,(H2,23,25,26,29). The molecule has 3 heterocycles. The Morgan fingerprint density at radius 2 is 1.97 bits per heavy atom. The highest BCUT2D eigenvalue weighted by molar-refractivity contribution is 6.29. The lowest BCUT2D eigenvalue weighted by atomic mass is 10.0. The van der Waals surface area contributed by atoms with Crippen LogP contribution in [-0.2, 0) is 10.9 Å². The van der Waals surface area contributed by atoms with Gasteiger partial charge in [0.15, 0.2) is 10.8 Å². The van der Waals surface area contributed by atoms with Crippen molar-refractivity contribution in [2.75, 3.05) is 17.7 Å². The van der Waals surface area contributed by atoms with Crippen LogP contribution >= 0.6 is 11.6 Å². The van der Waals surface area contributed by atoms with Crippen LogP contribution in [0.2, 0.25) is 5.15 Å². The summed E-state index contributed by atoms with van der Waals surface area (Å²) in [5, 5.41) is 9.34. The summed E-state index contributed by atoms with van der Waals surface area (Å²) in [6.45, 7) is 3.84. The van der Waals surface area contributed by atoms with Gasteiger partial charge in [-0.15, -0.1) is 0 Å². The van der Waals surface area contributed by atoms with Crippen molar-refractivity contribution in [2.45, 2.75) is 26.1 Å². The number of urea groups is 1. The number of ether oxygens (including phenoxy) is 1. The summed E-state index contributed by atoms with van der Waals surface area (Å²) >= 11 is 5.99.